The quantitative estimate of drug-likeness (QED) is 0.741. The van der Waals surface area contributed by atoms with Gasteiger partial charge in [-0.15, -0.1) is 0 Å². The van der Waals surface area contributed by atoms with E-state index in [1.54, 1.807) is 6.92 Å². The van der Waals surface area contributed by atoms with E-state index in [4.69, 9.17) is 5.73 Å². The number of halogens is 2. The molecule has 0 saturated carbocycles. The van der Waals surface area contributed by atoms with E-state index in [1.165, 1.54) is 18.3 Å². The van der Waals surface area contributed by atoms with Crippen LogP contribution >= 0.6 is 0 Å². The molecule has 0 fully saturated rings. The third kappa shape index (κ3) is 1.76. The van der Waals surface area contributed by atoms with Crippen molar-refractivity contribution in [1.82, 2.24) is 4.98 Å². The number of hydrogen-bond donors (Lipinski definition) is 1. The van der Waals surface area contributed by atoms with Crippen molar-refractivity contribution >= 4 is 0 Å². The average molecular weight is 172 g/mol. The van der Waals surface area contributed by atoms with Crippen LogP contribution < -0.4 is 5.73 Å². The second kappa shape index (κ2) is 3.58. The van der Waals surface area contributed by atoms with Gasteiger partial charge < -0.3 is 5.73 Å². The molecule has 0 spiro atoms. The SMILES string of the molecule is CC(N)c1ncccc1C(F)F. The van der Waals surface area contributed by atoms with Crippen LogP contribution in [0.1, 0.15) is 30.6 Å². The molecule has 0 bridgehead atoms. The van der Waals surface area contributed by atoms with Crippen LogP contribution in [0, 0.1) is 0 Å². The molecule has 1 atom stereocenters. The Labute approximate surface area is 69.4 Å². The second-order valence-corrected chi connectivity index (χ2v) is 2.57. The van der Waals surface area contributed by atoms with E-state index >= 15 is 0 Å². The molecule has 1 unspecified atom stereocenters. The van der Waals surface area contributed by atoms with Crippen LogP contribution in [0.3, 0.4) is 0 Å². The average Bonchev–Trinajstić information content (AvgIpc) is 2.04. The largest absolute Gasteiger partial charge is 0.323 e. The summed E-state index contributed by atoms with van der Waals surface area (Å²) >= 11 is 0. The van der Waals surface area contributed by atoms with E-state index in [-0.39, 0.29) is 11.3 Å². The first-order valence-corrected chi connectivity index (χ1v) is 3.61. The molecule has 12 heavy (non-hydrogen) atoms. The lowest BCUT2D eigenvalue weighted by Crippen LogP contribution is -2.10. The Balaban J connectivity index is 3.09. The van der Waals surface area contributed by atoms with Crippen molar-refractivity contribution < 1.29 is 8.78 Å². The van der Waals surface area contributed by atoms with Crippen LogP contribution in [0.25, 0.3) is 0 Å². The van der Waals surface area contributed by atoms with Crippen LogP contribution in [0.5, 0.6) is 0 Å². The molecule has 0 radical (unpaired) electrons. The fourth-order valence-corrected chi connectivity index (χ4v) is 0.995. The molecular formula is C8H10F2N2. The summed E-state index contributed by atoms with van der Waals surface area (Å²) < 4.78 is 24.6. The van der Waals surface area contributed by atoms with Gasteiger partial charge in [0.1, 0.15) is 0 Å². The van der Waals surface area contributed by atoms with Gasteiger partial charge in [0.15, 0.2) is 0 Å². The van der Waals surface area contributed by atoms with E-state index in [2.05, 4.69) is 4.98 Å². The van der Waals surface area contributed by atoms with Crippen molar-refractivity contribution in [3.05, 3.63) is 29.6 Å². The van der Waals surface area contributed by atoms with Gasteiger partial charge in [-0.05, 0) is 19.1 Å². The van der Waals surface area contributed by atoms with Crippen LogP contribution in [0.4, 0.5) is 8.78 Å². The van der Waals surface area contributed by atoms with Crippen molar-refractivity contribution in [2.24, 2.45) is 5.73 Å². The van der Waals surface area contributed by atoms with E-state index in [9.17, 15) is 8.78 Å². The third-order valence-corrected chi connectivity index (χ3v) is 1.54. The Kier molecular flexibility index (Phi) is 2.70. The number of nitrogens with two attached hydrogens (primary N) is 1. The highest BCUT2D eigenvalue weighted by Crippen LogP contribution is 2.23. The second-order valence-electron chi connectivity index (χ2n) is 2.57. The fourth-order valence-electron chi connectivity index (χ4n) is 0.995. The summed E-state index contributed by atoms with van der Waals surface area (Å²) in [7, 11) is 0. The van der Waals surface area contributed by atoms with Crippen LogP contribution in [-0.2, 0) is 0 Å². The third-order valence-electron chi connectivity index (χ3n) is 1.54. The lowest BCUT2D eigenvalue weighted by atomic mass is 10.1. The maximum atomic E-state index is 12.3. The predicted octanol–water partition coefficient (Wildman–Crippen LogP) is 2.04. The minimum Gasteiger partial charge on any atom is -0.323 e. The molecule has 66 valence electrons. The number of aromatic nitrogens is 1. The standard InChI is InChI=1S/C8H10F2N2/c1-5(11)7-6(8(9)10)3-2-4-12-7/h2-5,8H,11H2,1H3. The van der Waals surface area contributed by atoms with Gasteiger partial charge in [-0.2, -0.15) is 0 Å². The summed E-state index contributed by atoms with van der Waals surface area (Å²) in [5, 5.41) is 0. The Bertz CT molecular complexity index is 234. The number of rotatable bonds is 2. The van der Waals surface area contributed by atoms with E-state index < -0.39 is 12.5 Å². The highest BCUT2D eigenvalue weighted by molar-refractivity contribution is 5.23. The Hall–Kier alpha value is -1.03. The molecule has 1 aromatic rings. The minimum atomic E-state index is -2.50. The smallest absolute Gasteiger partial charge is 0.265 e. The number of alkyl halides is 2. The van der Waals surface area contributed by atoms with Gasteiger partial charge in [0.05, 0.1) is 5.69 Å². The van der Waals surface area contributed by atoms with Gasteiger partial charge in [0.2, 0.25) is 0 Å². The van der Waals surface area contributed by atoms with Gasteiger partial charge in [0.25, 0.3) is 6.43 Å². The predicted molar refractivity (Wildman–Crippen MR) is 41.8 cm³/mol. The maximum absolute atomic E-state index is 12.3. The molecule has 0 aliphatic rings. The molecule has 0 amide bonds. The normalized spacial score (nSPS) is 13.4. The Morgan fingerprint density at radius 2 is 2.17 bits per heavy atom. The summed E-state index contributed by atoms with van der Waals surface area (Å²) in [6, 6.07) is 2.37. The van der Waals surface area contributed by atoms with Crippen molar-refractivity contribution in [1.29, 1.82) is 0 Å². The van der Waals surface area contributed by atoms with Crippen molar-refractivity contribution in [3.8, 4) is 0 Å². The molecular weight excluding hydrogens is 162 g/mol. The molecule has 1 aromatic heterocycles. The highest BCUT2D eigenvalue weighted by Gasteiger charge is 2.15. The van der Waals surface area contributed by atoms with Crippen molar-refractivity contribution in [2.75, 3.05) is 0 Å². The monoisotopic (exact) mass is 172 g/mol. The van der Waals surface area contributed by atoms with Crippen molar-refractivity contribution in [2.45, 2.75) is 19.4 Å². The summed E-state index contributed by atoms with van der Waals surface area (Å²) in [6.45, 7) is 1.63. The number of nitrogens with zero attached hydrogens (tertiary/aromatic N) is 1. The molecule has 4 heteroatoms. The summed E-state index contributed by atoms with van der Waals surface area (Å²) in [4.78, 5) is 3.79. The molecule has 0 saturated heterocycles. The zero-order valence-corrected chi connectivity index (χ0v) is 6.67. The van der Waals surface area contributed by atoms with E-state index in [0.29, 0.717) is 0 Å². The number of pyridine rings is 1. The summed E-state index contributed by atoms with van der Waals surface area (Å²) in [5.41, 5.74) is 5.65. The highest BCUT2D eigenvalue weighted by atomic mass is 19.3. The molecule has 0 aliphatic carbocycles. The lowest BCUT2D eigenvalue weighted by Gasteiger charge is -2.09. The summed E-state index contributed by atoms with van der Waals surface area (Å²) in [5.74, 6) is 0. The van der Waals surface area contributed by atoms with E-state index in [1.807, 2.05) is 0 Å². The summed E-state index contributed by atoms with van der Waals surface area (Å²) in [6.07, 6.45) is -1.04. The molecule has 0 aliphatic heterocycles. The molecule has 1 rings (SSSR count). The Morgan fingerprint density at radius 3 is 2.58 bits per heavy atom. The molecule has 0 aromatic carbocycles. The van der Waals surface area contributed by atoms with Gasteiger partial charge >= 0.3 is 0 Å². The van der Waals surface area contributed by atoms with Gasteiger partial charge in [-0.25, -0.2) is 8.78 Å². The first kappa shape index (κ1) is 9.06. The minimum absolute atomic E-state index is 0.0764. The topological polar surface area (TPSA) is 38.9 Å². The van der Waals surface area contributed by atoms with Gasteiger partial charge in [-0.1, -0.05) is 0 Å². The van der Waals surface area contributed by atoms with Gasteiger partial charge in [0, 0.05) is 17.8 Å². The van der Waals surface area contributed by atoms with Crippen molar-refractivity contribution in [3.63, 3.8) is 0 Å². The lowest BCUT2D eigenvalue weighted by molar-refractivity contribution is 0.149. The van der Waals surface area contributed by atoms with Gasteiger partial charge in [-0.3, -0.25) is 4.98 Å². The van der Waals surface area contributed by atoms with Crippen LogP contribution in [0.15, 0.2) is 18.3 Å². The number of hydrogen-bond acceptors (Lipinski definition) is 2. The first-order chi connectivity index (χ1) is 5.63. The van der Waals surface area contributed by atoms with Crippen LogP contribution in [-0.4, -0.2) is 4.98 Å². The first-order valence-electron chi connectivity index (χ1n) is 3.61. The van der Waals surface area contributed by atoms with E-state index in [0.717, 1.165) is 0 Å². The Morgan fingerprint density at radius 1 is 1.50 bits per heavy atom. The zero-order valence-electron chi connectivity index (χ0n) is 6.67. The van der Waals surface area contributed by atoms with Crippen LogP contribution in [0.2, 0.25) is 0 Å². The fraction of sp³-hybridized carbons (Fsp3) is 0.375. The molecule has 2 nitrogen and oxygen atoms in total. The maximum Gasteiger partial charge on any atom is 0.265 e. The molecule has 1 heterocycles. The molecule has 2 N–H and O–H groups in total. The zero-order chi connectivity index (χ0) is 9.14.